The monoisotopic (exact) mass is 614 g/mol. The van der Waals surface area contributed by atoms with E-state index in [1.54, 1.807) is 49.3 Å². The summed E-state index contributed by atoms with van der Waals surface area (Å²) in [6, 6.07) is 5.37. The van der Waals surface area contributed by atoms with Gasteiger partial charge in [-0.2, -0.15) is 5.10 Å². The minimum absolute atomic E-state index is 0.0151. The highest BCUT2D eigenvalue weighted by molar-refractivity contribution is 5.73. The molecule has 0 saturated heterocycles. The second kappa shape index (κ2) is 11.7. The quantitative estimate of drug-likeness (QED) is 0.274. The van der Waals surface area contributed by atoms with Crippen LogP contribution in [0.5, 0.6) is 0 Å². The molecule has 0 fully saturated rings. The highest BCUT2D eigenvalue weighted by Gasteiger charge is 2.25. The van der Waals surface area contributed by atoms with E-state index in [1.165, 1.54) is 15.3 Å². The van der Waals surface area contributed by atoms with Crippen LogP contribution in [0.15, 0.2) is 52.6 Å². The number of hydrogen-bond donors (Lipinski definition) is 2. The lowest BCUT2D eigenvalue weighted by molar-refractivity contribution is 0.129. The molecule has 13 heteroatoms. The van der Waals surface area contributed by atoms with E-state index in [0.717, 1.165) is 56.8 Å². The topological polar surface area (TPSA) is 124 Å². The summed E-state index contributed by atoms with van der Waals surface area (Å²) in [5.74, 6) is 0.273. The summed E-state index contributed by atoms with van der Waals surface area (Å²) in [7, 11) is 3.34. The summed E-state index contributed by atoms with van der Waals surface area (Å²) in [4.78, 5) is 33.6. The zero-order valence-electron chi connectivity index (χ0n) is 25.3. The fraction of sp³-hybridized carbons (Fsp3) is 0.375. The Balaban J connectivity index is 1.26. The Morgan fingerprint density at radius 3 is 2.78 bits per heavy atom. The summed E-state index contributed by atoms with van der Waals surface area (Å²) in [5.41, 5.74) is 3.57. The molecular formula is C32H35FN8O4. The number of nitrogens with zero attached hydrogens (tertiary/aromatic N) is 7. The molecule has 0 saturated carbocycles. The molecule has 2 N–H and O–H groups in total. The molecule has 6 heterocycles. The fourth-order valence-electron chi connectivity index (χ4n) is 6.61. The van der Waals surface area contributed by atoms with E-state index in [-0.39, 0.29) is 16.9 Å². The SMILES string of the molecule is COCCN1CCn2nc(Nc3cc(-c4ccnc(-n5ccn6c7c(c(F)c6c5=O)CCCC7)c4CO)cn(C)c3=O)cc2C1. The highest BCUT2D eigenvalue weighted by atomic mass is 19.1. The summed E-state index contributed by atoms with van der Waals surface area (Å²) in [6.45, 7) is 3.38. The average Bonchev–Trinajstić information content (AvgIpc) is 3.59. The number of aliphatic hydroxyl groups excluding tert-OH is 1. The van der Waals surface area contributed by atoms with Gasteiger partial charge in [0.25, 0.3) is 11.1 Å². The van der Waals surface area contributed by atoms with Crippen LogP contribution in [-0.4, -0.2) is 65.1 Å². The van der Waals surface area contributed by atoms with Crippen molar-refractivity contribution in [1.29, 1.82) is 0 Å². The number of rotatable bonds is 8. The maximum Gasteiger partial charge on any atom is 0.283 e. The lowest BCUT2D eigenvalue weighted by atomic mass is 9.98. The lowest BCUT2D eigenvalue weighted by Crippen LogP contribution is -2.35. The zero-order chi connectivity index (χ0) is 31.2. The third-order valence-electron chi connectivity index (χ3n) is 8.89. The van der Waals surface area contributed by atoms with Crippen molar-refractivity contribution in [2.45, 2.75) is 45.4 Å². The van der Waals surface area contributed by atoms with Crippen molar-refractivity contribution in [2.24, 2.45) is 7.05 Å². The van der Waals surface area contributed by atoms with E-state index in [1.807, 2.05) is 10.7 Å². The Hall–Kier alpha value is -4.59. The number of anilines is 2. The molecule has 5 aromatic heterocycles. The summed E-state index contributed by atoms with van der Waals surface area (Å²) in [5, 5.41) is 18.4. The Bertz CT molecular complexity index is 2040. The van der Waals surface area contributed by atoms with Crippen molar-refractivity contribution in [3.05, 3.63) is 92.0 Å². The molecule has 12 nitrogen and oxygen atoms in total. The number of pyridine rings is 2. The second-order valence-electron chi connectivity index (χ2n) is 11.7. The number of aryl methyl sites for hydroxylation is 2. The molecule has 234 valence electrons. The van der Waals surface area contributed by atoms with Gasteiger partial charge in [0.05, 0.1) is 25.5 Å². The van der Waals surface area contributed by atoms with Crippen LogP contribution in [0.25, 0.3) is 22.5 Å². The molecule has 0 amide bonds. The molecular weight excluding hydrogens is 579 g/mol. The van der Waals surface area contributed by atoms with Gasteiger partial charge in [-0.05, 0) is 43.4 Å². The van der Waals surface area contributed by atoms with Gasteiger partial charge in [-0.3, -0.25) is 23.7 Å². The number of fused-ring (bicyclic) bond motifs is 4. The van der Waals surface area contributed by atoms with E-state index in [0.29, 0.717) is 46.8 Å². The van der Waals surface area contributed by atoms with Gasteiger partial charge in [-0.25, -0.2) is 9.37 Å². The molecule has 5 aromatic rings. The van der Waals surface area contributed by atoms with Crippen molar-refractivity contribution < 1.29 is 14.2 Å². The van der Waals surface area contributed by atoms with Crippen LogP contribution >= 0.6 is 0 Å². The van der Waals surface area contributed by atoms with Crippen LogP contribution in [0, 0.1) is 5.82 Å². The van der Waals surface area contributed by atoms with Crippen LogP contribution < -0.4 is 16.4 Å². The molecule has 45 heavy (non-hydrogen) atoms. The van der Waals surface area contributed by atoms with Gasteiger partial charge in [0, 0.05) is 87.0 Å². The fourth-order valence-corrected chi connectivity index (χ4v) is 6.61. The highest BCUT2D eigenvalue weighted by Crippen LogP contribution is 2.31. The first-order chi connectivity index (χ1) is 21.9. The maximum atomic E-state index is 15.5. The van der Waals surface area contributed by atoms with E-state index in [2.05, 4.69) is 20.3 Å². The Morgan fingerprint density at radius 1 is 1.11 bits per heavy atom. The number of nitrogens with one attached hydrogen (secondary N) is 1. The number of aliphatic hydroxyl groups is 1. The standard InChI is InChI=1S/C32H35FN8O4/c1-37-17-20(15-25(31(37)43)35-27-16-21-18-38(13-14-45-2)9-12-41(21)36-27)22-7-8-34-30(24(22)19-42)40-11-10-39-26-6-4-3-5-23(26)28(33)29(39)32(40)44/h7-8,10-11,15-17,42H,3-6,9,12-14,18-19H2,1-2H3,(H,35,36). The molecule has 0 radical (unpaired) electrons. The molecule has 0 unspecified atom stereocenters. The number of ether oxygens (including phenoxy) is 1. The van der Waals surface area contributed by atoms with E-state index < -0.39 is 18.0 Å². The first-order valence-electron chi connectivity index (χ1n) is 15.2. The molecule has 0 bridgehead atoms. The van der Waals surface area contributed by atoms with Gasteiger partial charge in [0.2, 0.25) is 0 Å². The van der Waals surface area contributed by atoms with E-state index in [9.17, 15) is 14.7 Å². The molecule has 1 aliphatic carbocycles. The third kappa shape index (κ3) is 5.06. The third-order valence-corrected chi connectivity index (χ3v) is 8.89. The number of hydrogen-bond acceptors (Lipinski definition) is 8. The first-order valence-corrected chi connectivity index (χ1v) is 15.2. The Morgan fingerprint density at radius 2 is 1.96 bits per heavy atom. The maximum absolute atomic E-state index is 15.5. The number of aromatic nitrogens is 6. The van der Waals surface area contributed by atoms with Gasteiger partial charge in [0.15, 0.2) is 11.6 Å². The van der Waals surface area contributed by atoms with E-state index >= 15 is 4.39 Å². The Labute approximate surface area is 257 Å². The summed E-state index contributed by atoms with van der Waals surface area (Å²) < 4.78 is 27.0. The molecule has 0 atom stereocenters. The summed E-state index contributed by atoms with van der Waals surface area (Å²) >= 11 is 0. The molecule has 7 rings (SSSR count). The first kappa shape index (κ1) is 29.1. The molecule has 0 aromatic carbocycles. The van der Waals surface area contributed by atoms with Crippen LogP contribution in [0.3, 0.4) is 0 Å². The minimum Gasteiger partial charge on any atom is -0.392 e. The smallest absolute Gasteiger partial charge is 0.283 e. The molecule has 0 spiro atoms. The molecule has 1 aliphatic heterocycles. The molecule has 2 aliphatic rings. The van der Waals surface area contributed by atoms with Gasteiger partial charge >= 0.3 is 0 Å². The zero-order valence-corrected chi connectivity index (χ0v) is 25.3. The van der Waals surface area contributed by atoms with Crippen molar-refractivity contribution in [2.75, 3.05) is 32.1 Å². The van der Waals surface area contributed by atoms with Crippen LogP contribution in [-0.2, 0) is 44.3 Å². The van der Waals surface area contributed by atoms with Crippen LogP contribution in [0.2, 0.25) is 0 Å². The van der Waals surface area contributed by atoms with Crippen LogP contribution in [0.4, 0.5) is 15.9 Å². The second-order valence-corrected chi connectivity index (χ2v) is 11.7. The van der Waals surface area contributed by atoms with Gasteiger partial charge in [-0.15, -0.1) is 0 Å². The van der Waals surface area contributed by atoms with E-state index in [4.69, 9.17) is 4.74 Å². The van der Waals surface area contributed by atoms with Gasteiger partial charge < -0.3 is 24.1 Å². The predicted octanol–water partition coefficient (Wildman–Crippen LogP) is 2.76. The minimum atomic E-state index is -0.545. The van der Waals surface area contributed by atoms with Crippen molar-refractivity contribution in [3.63, 3.8) is 0 Å². The van der Waals surface area contributed by atoms with Crippen molar-refractivity contribution >= 4 is 17.0 Å². The normalized spacial score (nSPS) is 14.9. The largest absolute Gasteiger partial charge is 0.392 e. The van der Waals surface area contributed by atoms with Crippen molar-refractivity contribution in [1.82, 2.24) is 33.2 Å². The van der Waals surface area contributed by atoms with Crippen LogP contribution in [0.1, 0.15) is 35.4 Å². The summed E-state index contributed by atoms with van der Waals surface area (Å²) in [6.07, 6.45) is 9.63. The Kier molecular flexibility index (Phi) is 7.59. The number of halogens is 1. The average molecular weight is 615 g/mol. The lowest BCUT2D eigenvalue weighted by Gasteiger charge is -2.26. The van der Waals surface area contributed by atoms with Gasteiger partial charge in [0.1, 0.15) is 17.0 Å². The van der Waals surface area contributed by atoms with Crippen molar-refractivity contribution in [3.8, 4) is 16.9 Å². The predicted molar refractivity (Wildman–Crippen MR) is 167 cm³/mol. The number of methoxy groups -OCH3 is 1. The van der Waals surface area contributed by atoms with Gasteiger partial charge in [-0.1, -0.05) is 0 Å².